The maximum Gasteiger partial charge on any atom is 0.134 e. The molecule has 174 valence electrons. The second kappa shape index (κ2) is 14.8. The van der Waals surface area contributed by atoms with Gasteiger partial charge in [0, 0.05) is 0 Å². The summed E-state index contributed by atoms with van der Waals surface area (Å²) in [5, 5.41) is 0. The van der Waals surface area contributed by atoms with Crippen LogP contribution < -0.4 is 4.74 Å². The molecule has 33 heavy (non-hydrogen) atoms. The molecule has 0 amide bonds. The van der Waals surface area contributed by atoms with Crippen molar-refractivity contribution in [2.75, 3.05) is 20.3 Å². The van der Waals surface area contributed by atoms with E-state index in [1.807, 2.05) is 111 Å². The molecule has 0 spiro atoms. The third kappa shape index (κ3) is 9.05. The number of hydrogen-bond donors (Lipinski definition) is 0. The zero-order valence-electron chi connectivity index (χ0n) is 19.8. The van der Waals surface area contributed by atoms with E-state index in [4.69, 9.17) is 14.2 Å². The molecular weight excluding hydrogens is 412 g/mol. The molecule has 3 aromatic carbocycles. The van der Waals surface area contributed by atoms with Gasteiger partial charge in [-0.15, -0.1) is 0 Å². The van der Waals surface area contributed by atoms with Crippen molar-refractivity contribution >= 4 is 12.4 Å². The van der Waals surface area contributed by atoms with Crippen molar-refractivity contribution in [1.29, 1.82) is 0 Å². The lowest BCUT2D eigenvalue weighted by Crippen LogP contribution is -2.32. The Balaban J connectivity index is 0.00000187. The van der Waals surface area contributed by atoms with Crippen LogP contribution in [0.3, 0.4) is 0 Å². The molecule has 4 nitrogen and oxygen atoms in total. The van der Waals surface area contributed by atoms with Crippen molar-refractivity contribution in [3.05, 3.63) is 108 Å². The van der Waals surface area contributed by atoms with Crippen LogP contribution in [0, 0.1) is 5.41 Å². The molecule has 3 aromatic rings. The molecule has 0 unspecified atom stereocenters. The van der Waals surface area contributed by atoms with Gasteiger partial charge in [-0.25, -0.2) is 0 Å². The van der Waals surface area contributed by atoms with Gasteiger partial charge in [0.25, 0.3) is 0 Å². The van der Waals surface area contributed by atoms with Gasteiger partial charge in [-0.2, -0.15) is 0 Å². The molecule has 4 heteroatoms. The molecule has 0 aliphatic rings. The monoisotopic (exact) mass is 446 g/mol. The summed E-state index contributed by atoms with van der Waals surface area (Å²) in [5.41, 5.74) is 2.21. The van der Waals surface area contributed by atoms with Crippen molar-refractivity contribution in [1.82, 2.24) is 0 Å². The molecule has 0 aliphatic carbocycles. The SMILES string of the molecule is CC.COc1ccc(/C=C/C(C=O)(COCc2ccccc2)COCc2ccccc2)cc1. The minimum atomic E-state index is -0.885. The quantitative estimate of drug-likeness (QED) is 0.304. The average Bonchev–Trinajstić information content (AvgIpc) is 2.90. The predicted octanol–water partition coefficient (Wildman–Crippen LogP) is 6.35. The average molecular weight is 447 g/mol. The number of carbonyl (C=O) groups excluding carboxylic acids is 1. The van der Waals surface area contributed by atoms with Gasteiger partial charge in [-0.05, 0) is 28.8 Å². The Labute approximate surface area is 197 Å². The van der Waals surface area contributed by atoms with Crippen molar-refractivity contribution in [2.24, 2.45) is 5.41 Å². The molecule has 0 saturated heterocycles. The molecule has 0 aliphatic heterocycles. The van der Waals surface area contributed by atoms with E-state index in [2.05, 4.69) is 0 Å². The van der Waals surface area contributed by atoms with Crippen LogP contribution in [0.2, 0.25) is 0 Å². The molecule has 0 radical (unpaired) electrons. The van der Waals surface area contributed by atoms with Gasteiger partial charge in [0.2, 0.25) is 0 Å². The highest BCUT2D eigenvalue weighted by Crippen LogP contribution is 2.22. The largest absolute Gasteiger partial charge is 0.497 e. The second-order valence-corrected chi connectivity index (χ2v) is 7.41. The third-order valence-electron chi connectivity index (χ3n) is 4.92. The van der Waals surface area contributed by atoms with Gasteiger partial charge in [0.15, 0.2) is 0 Å². The zero-order valence-corrected chi connectivity index (χ0v) is 19.8. The Bertz CT molecular complexity index is 889. The number of benzene rings is 3. The Morgan fingerprint density at radius 2 is 1.21 bits per heavy atom. The van der Waals surface area contributed by atoms with Crippen molar-refractivity contribution in [2.45, 2.75) is 27.1 Å². The molecule has 0 aromatic heterocycles. The summed E-state index contributed by atoms with van der Waals surface area (Å²) in [6.45, 7) is 5.33. The van der Waals surface area contributed by atoms with Crippen LogP contribution in [-0.4, -0.2) is 26.6 Å². The van der Waals surface area contributed by atoms with E-state index in [-0.39, 0.29) is 13.2 Å². The van der Waals surface area contributed by atoms with Gasteiger partial charge in [0.05, 0.1) is 39.0 Å². The van der Waals surface area contributed by atoms with E-state index in [9.17, 15) is 4.79 Å². The Kier molecular flexibility index (Phi) is 11.7. The zero-order chi connectivity index (χ0) is 23.8. The number of hydrogen-bond acceptors (Lipinski definition) is 4. The molecule has 0 fully saturated rings. The predicted molar refractivity (Wildman–Crippen MR) is 134 cm³/mol. The number of methoxy groups -OCH3 is 1. The van der Waals surface area contributed by atoms with Crippen LogP contribution in [0.5, 0.6) is 5.75 Å². The molecule has 0 N–H and O–H groups in total. The second-order valence-electron chi connectivity index (χ2n) is 7.41. The summed E-state index contributed by atoms with van der Waals surface area (Å²) in [7, 11) is 1.64. The lowest BCUT2D eigenvalue weighted by atomic mass is 9.90. The van der Waals surface area contributed by atoms with E-state index in [0.29, 0.717) is 13.2 Å². The highest BCUT2D eigenvalue weighted by atomic mass is 16.5. The molecule has 0 atom stereocenters. The van der Waals surface area contributed by atoms with E-state index in [0.717, 1.165) is 28.7 Å². The van der Waals surface area contributed by atoms with Gasteiger partial charge in [0.1, 0.15) is 12.0 Å². The maximum absolute atomic E-state index is 12.2. The summed E-state index contributed by atoms with van der Waals surface area (Å²) in [4.78, 5) is 12.2. The van der Waals surface area contributed by atoms with Crippen molar-refractivity contribution in [3.8, 4) is 5.75 Å². The first-order valence-corrected chi connectivity index (χ1v) is 11.3. The molecule has 0 bridgehead atoms. The van der Waals surface area contributed by atoms with Crippen LogP contribution in [0.4, 0.5) is 0 Å². The van der Waals surface area contributed by atoms with Crippen LogP contribution in [0.25, 0.3) is 6.08 Å². The summed E-state index contributed by atoms with van der Waals surface area (Å²) < 4.78 is 17.0. The smallest absolute Gasteiger partial charge is 0.134 e. The summed E-state index contributed by atoms with van der Waals surface area (Å²) in [5.74, 6) is 0.788. The van der Waals surface area contributed by atoms with Crippen LogP contribution in [-0.2, 0) is 27.5 Å². The van der Waals surface area contributed by atoms with Crippen LogP contribution in [0.1, 0.15) is 30.5 Å². The lowest BCUT2D eigenvalue weighted by Gasteiger charge is -2.24. The van der Waals surface area contributed by atoms with Crippen LogP contribution >= 0.6 is 0 Å². The van der Waals surface area contributed by atoms with E-state index < -0.39 is 5.41 Å². The van der Waals surface area contributed by atoms with Crippen molar-refractivity contribution < 1.29 is 19.0 Å². The van der Waals surface area contributed by atoms with Gasteiger partial charge >= 0.3 is 0 Å². The fourth-order valence-corrected chi connectivity index (χ4v) is 3.09. The van der Waals surface area contributed by atoms with Crippen molar-refractivity contribution in [3.63, 3.8) is 0 Å². The van der Waals surface area contributed by atoms with E-state index >= 15 is 0 Å². The number of rotatable bonds is 12. The fraction of sp³-hybridized carbons (Fsp3) is 0.276. The normalized spacial score (nSPS) is 11.0. The Morgan fingerprint density at radius 3 is 1.64 bits per heavy atom. The van der Waals surface area contributed by atoms with Gasteiger partial charge < -0.3 is 19.0 Å². The van der Waals surface area contributed by atoms with Crippen LogP contribution in [0.15, 0.2) is 91.0 Å². The minimum absolute atomic E-state index is 0.229. The summed E-state index contributed by atoms with van der Waals surface area (Å²) in [6.07, 6.45) is 4.71. The number of aldehydes is 1. The number of carbonyl (C=O) groups is 1. The van der Waals surface area contributed by atoms with Gasteiger partial charge in [-0.3, -0.25) is 0 Å². The third-order valence-corrected chi connectivity index (χ3v) is 4.92. The highest BCUT2D eigenvalue weighted by molar-refractivity contribution is 5.67. The van der Waals surface area contributed by atoms with E-state index in [1.54, 1.807) is 7.11 Å². The molecule has 0 saturated carbocycles. The Morgan fingerprint density at radius 1 is 0.727 bits per heavy atom. The number of ether oxygens (including phenoxy) is 3. The first kappa shape index (κ1) is 26.0. The minimum Gasteiger partial charge on any atom is -0.497 e. The fourth-order valence-electron chi connectivity index (χ4n) is 3.09. The standard InChI is InChI=1S/C27H28O4.C2H6/c1-29-26-14-12-23(13-15-26)16-17-27(20-28,21-30-18-24-8-4-2-5-9-24)22-31-19-25-10-6-3-7-11-25;1-2/h2-17,20H,18-19,21-22H2,1H3;1-2H3/b17-16+;. The molecule has 0 heterocycles. The summed E-state index contributed by atoms with van der Waals surface area (Å²) in [6, 6.07) is 27.5. The molecular formula is C29H34O4. The topological polar surface area (TPSA) is 44.8 Å². The first-order chi connectivity index (χ1) is 16.2. The lowest BCUT2D eigenvalue weighted by molar-refractivity contribution is -0.121. The summed E-state index contributed by atoms with van der Waals surface area (Å²) >= 11 is 0. The Hall–Kier alpha value is -3.21. The maximum atomic E-state index is 12.2. The molecule has 3 rings (SSSR count). The first-order valence-electron chi connectivity index (χ1n) is 11.3. The van der Waals surface area contributed by atoms with E-state index in [1.165, 1.54) is 0 Å². The highest BCUT2D eigenvalue weighted by Gasteiger charge is 2.28. The van der Waals surface area contributed by atoms with Gasteiger partial charge in [-0.1, -0.05) is 98.8 Å².